The molecule has 0 bridgehead atoms. The Morgan fingerprint density at radius 3 is 1.00 bits per heavy atom. The highest BCUT2D eigenvalue weighted by atomic mass is 35.5. The van der Waals surface area contributed by atoms with Crippen molar-refractivity contribution in [3.05, 3.63) is 5.21 Å². The summed E-state index contributed by atoms with van der Waals surface area (Å²) in [6.45, 7) is 9.90. The molecule has 0 N–H and O–H groups in total. The number of hydrogen-bond acceptors (Lipinski definition) is 1. The number of hydroxylamine groups is 2. The van der Waals surface area contributed by atoms with Crippen LogP contribution in [0.2, 0.25) is 0 Å². The fourth-order valence-electron chi connectivity index (χ4n) is 8.55. The summed E-state index contributed by atoms with van der Waals surface area (Å²) in [6, 6.07) is 0.254. The van der Waals surface area contributed by atoms with Gasteiger partial charge in [-0.25, -0.2) is 0 Å². The van der Waals surface area contributed by atoms with Crippen LogP contribution in [0.1, 0.15) is 252 Å². The standard InChI is InChI=1S/C44H91N2O.ClH/c1-5-7-9-11-13-15-17-19-21-23-25-27-29-31-33-37-41-45(4,46(47)43-39-35-36-40-44(46)3)42-38-34-32-30-28-26-24-22-20-18-16-14-12-10-8-6-2;/h44H,5-43H2,1-4H3;1H/q+1;/p-1. The molecule has 290 valence electrons. The maximum absolute atomic E-state index is 14.6. The highest BCUT2D eigenvalue weighted by Gasteiger charge is 2.44. The molecule has 0 spiro atoms. The minimum atomic E-state index is 0. The Morgan fingerprint density at radius 2 is 0.708 bits per heavy atom. The van der Waals surface area contributed by atoms with Gasteiger partial charge in [0.2, 0.25) is 0 Å². The number of nitrogens with zero attached hydrogens (tertiary/aromatic N) is 2. The van der Waals surface area contributed by atoms with E-state index in [1.54, 1.807) is 0 Å². The van der Waals surface area contributed by atoms with Crippen molar-refractivity contribution in [1.29, 1.82) is 0 Å². The summed E-state index contributed by atoms with van der Waals surface area (Å²) in [7, 11) is 2.35. The van der Waals surface area contributed by atoms with Crippen molar-refractivity contribution in [2.75, 3.05) is 26.7 Å². The van der Waals surface area contributed by atoms with E-state index < -0.39 is 0 Å². The van der Waals surface area contributed by atoms with Crippen LogP contribution < -0.4 is 12.4 Å². The highest BCUT2D eigenvalue weighted by molar-refractivity contribution is 4.60. The van der Waals surface area contributed by atoms with Gasteiger partial charge in [0.25, 0.3) is 0 Å². The largest absolute Gasteiger partial charge is 1.00 e. The molecule has 0 aromatic carbocycles. The SMILES string of the molecule is CCCCCCCCCCCCCCCCCC[N+](C)(CCCCCCCCCCCCCCCCCC)[N+]1([O-])CCCCCC1C.[Cl-]. The van der Waals surface area contributed by atoms with Crippen LogP contribution in [-0.2, 0) is 0 Å². The number of rotatable bonds is 35. The highest BCUT2D eigenvalue weighted by Crippen LogP contribution is 2.32. The summed E-state index contributed by atoms with van der Waals surface area (Å²) >= 11 is 0. The molecule has 4 heteroatoms. The van der Waals surface area contributed by atoms with Gasteiger partial charge in [-0.15, -0.1) is 0 Å². The van der Waals surface area contributed by atoms with E-state index in [2.05, 4.69) is 27.8 Å². The fraction of sp³-hybridized carbons (Fsp3) is 1.00. The Balaban J connectivity index is 0.0000221. The zero-order valence-corrected chi connectivity index (χ0v) is 34.6. The third-order valence-corrected chi connectivity index (χ3v) is 12.1. The Bertz CT molecular complexity index is 609. The molecule has 1 rings (SSSR count). The molecule has 1 heterocycles. The second-order valence-corrected chi connectivity index (χ2v) is 16.6. The molecule has 0 aromatic heterocycles. The van der Waals surface area contributed by atoms with Crippen molar-refractivity contribution in [2.45, 2.75) is 258 Å². The molecule has 0 saturated carbocycles. The lowest BCUT2D eigenvalue weighted by Crippen LogP contribution is -3.00. The van der Waals surface area contributed by atoms with E-state index in [-0.39, 0.29) is 23.2 Å². The van der Waals surface area contributed by atoms with Crippen LogP contribution in [0.15, 0.2) is 0 Å². The molecular weight excluding hydrogens is 608 g/mol. The monoisotopic (exact) mass is 699 g/mol. The summed E-state index contributed by atoms with van der Waals surface area (Å²) in [5, 5.41) is 14.6. The molecule has 0 aliphatic carbocycles. The van der Waals surface area contributed by atoms with Crippen molar-refractivity contribution in [3.63, 3.8) is 0 Å². The van der Waals surface area contributed by atoms with Gasteiger partial charge in [0.05, 0.1) is 0 Å². The van der Waals surface area contributed by atoms with E-state index in [1.807, 2.05) is 0 Å². The zero-order chi connectivity index (χ0) is 34.2. The van der Waals surface area contributed by atoms with E-state index in [0.29, 0.717) is 0 Å². The van der Waals surface area contributed by atoms with Crippen LogP contribution in [-0.4, -0.2) is 42.1 Å². The van der Waals surface area contributed by atoms with E-state index >= 15 is 0 Å². The molecule has 1 saturated heterocycles. The van der Waals surface area contributed by atoms with Crippen molar-refractivity contribution < 1.29 is 21.8 Å². The maximum Gasteiger partial charge on any atom is 0.129 e. The van der Waals surface area contributed by atoms with Gasteiger partial charge in [-0.1, -0.05) is 194 Å². The minimum Gasteiger partial charge on any atom is -1.00 e. The first-order valence-electron chi connectivity index (χ1n) is 22.4. The third kappa shape index (κ3) is 24.4. The van der Waals surface area contributed by atoms with Crippen molar-refractivity contribution in [2.24, 2.45) is 0 Å². The number of hydrogen-bond donors (Lipinski definition) is 0. The van der Waals surface area contributed by atoms with Crippen LogP contribution in [0.25, 0.3) is 0 Å². The normalized spacial score (nSPS) is 18.6. The Hall–Kier alpha value is 0.170. The quantitative estimate of drug-likeness (QED) is 0.0367. The average Bonchev–Trinajstić information content (AvgIpc) is 3.25. The Kier molecular flexibility index (Phi) is 34.4. The molecule has 0 radical (unpaired) electrons. The smallest absolute Gasteiger partial charge is 0.129 e. The maximum atomic E-state index is 14.6. The summed E-state index contributed by atoms with van der Waals surface area (Å²) in [5.74, 6) is 0. The summed E-state index contributed by atoms with van der Waals surface area (Å²) < 4.78 is 0.801. The molecule has 0 aromatic rings. The predicted octanol–water partition coefficient (Wildman–Crippen LogP) is 12.2. The molecule has 1 aliphatic rings. The lowest BCUT2D eigenvalue weighted by atomic mass is 10.0. The Morgan fingerprint density at radius 1 is 0.438 bits per heavy atom. The van der Waals surface area contributed by atoms with Crippen molar-refractivity contribution >= 4 is 0 Å². The Labute approximate surface area is 310 Å². The van der Waals surface area contributed by atoms with Crippen molar-refractivity contribution in [1.82, 2.24) is 0 Å². The zero-order valence-electron chi connectivity index (χ0n) is 33.8. The van der Waals surface area contributed by atoms with Crippen LogP contribution >= 0.6 is 0 Å². The van der Waals surface area contributed by atoms with Gasteiger partial charge >= 0.3 is 0 Å². The summed E-state index contributed by atoms with van der Waals surface area (Å²) in [5.41, 5.74) is 0. The van der Waals surface area contributed by atoms with Gasteiger partial charge in [0.15, 0.2) is 0 Å². The average molecular weight is 700 g/mol. The van der Waals surface area contributed by atoms with Crippen LogP contribution in [0.5, 0.6) is 0 Å². The molecule has 48 heavy (non-hydrogen) atoms. The van der Waals surface area contributed by atoms with Gasteiger partial charge in [-0.2, -0.15) is 9.35 Å². The van der Waals surface area contributed by atoms with E-state index in [4.69, 9.17) is 0 Å². The van der Waals surface area contributed by atoms with Gasteiger partial charge in [-0.3, -0.25) is 0 Å². The molecule has 0 amide bonds. The fourth-order valence-corrected chi connectivity index (χ4v) is 8.55. The van der Waals surface area contributed by atoms with E-state index in [0.717, 1.165) is 37.1 Å². The van der Waals surface area contributed by atoms with Crippen LogP contribution in [0.4, 0.5) is 0 Å². The van der Waals surface area contributed by atoms with Gasteiger partial charge in [0, 0.05) is 25.7 Å². The summed E-state index contributed by atoms with van der Waals surface area (Å²) in [6.07, 6.45) is 49.9. The number of quaternary nitrogens is 2. The molecule has 3 nitrogen and oxygen atoms in total. The first-order chi connectivity index (χ1) is 23.0. The summed E-state index contributed by atoms with van der Waals surface area (Å²) in [4.78, 5) is 0. The lowest BCUT2D eigenvalue weighted by molar-refractivity contribution is -1.47. The van der Waals surface area contributed by atoms with Crippen LogP contribution in [0, 0.1) is 5.21 Å². The molecular formula is C44H91ClN2O. The van der Waals surface area contributed by atoms with E-state index in [9.17, 15) is 5.21 Å². The molecule has 2 unspecified atom stereocenters. The molecule has 1 fully saturated rings. The van der Waals surface area contributed by atoms with E-state index in [1.165, 1.54) is 218 Å². The van der Waals surface area contributed by atoms with Crippen molar-refractivity contribution in [3.8, 4) is 0 Å². The second-order valence-electron chi connectivity index (χ2n) is 16.6. The lowest BCUT2D eigenvalue weighted by Gasteiger charge is -2.57. The van der Waals surface area contributed by atoms with Gasteiger partial charge in [-0.05, 0) is 32.6 Å². The minimum absolute atomic E-state index is 0. The number of halogens is 1. The van der Waals surface area contributed by atoms with Gasteiger partial charge < -0.3 is 17.6 Å². The van der Waals surface area contributed by atoms with Gasteiger partial charge in [0.1, 0.15) is 32.7 Å². The molecule has 1 aliphatic heterocycles. The number of unbranched alkanes of at least 4 members (excludes halogenated alkanes) is 30. The predicted molar refractivity (Wildman–Crippen MR) is 211 cm³/mol. The first-order valence-corrected chi connectivity index (χ1v) is 22.4. The topological polar surface area (TPSA) is 23.1 Å². The first kappa shape index (κ1) is 48.2. The third-order valence-electron chi connectivity index (χ3n) is 12.1. The second kappa shape index (κ2) is 34.3. The molecule has 2 atom stereocenters. The van der Waals surface area contributed by atoms with Crippen LogP contribution in [0.3, 0.4) is 0 Å².